The number of allylic oxidation sites excluding steroid dienone is 4. The third-order valence-corrected chi connectivity index (χ3v) is 1.33. The zero-order valence-corrected chi connectivity index (χ0v) is 14.0. The van der Waals surface area contributed by atoms with Crippen molar-refractivity contribution in [2.24, 2.45) is 0 Å². The van der Waals surface area contributed by atoms with Gasteiger partial charge in [-0.05, 0) is 25.7 Å². The van der Waals surface area contributed by atoms with Crippen molar-refractivity contribution in [1.29, 1.82) is 0 Å². The van der Waals surface area contributed by atoms with Crippen molar-refractivity contribution in [2.75, 3.05) is 0 Å². The van der Waals surface area contributed by atoms with Gasteiger partial charge in [0.25, 0.3) is 0 Å². The second-order valence-corrected chi connectivity index (χ2v) is 12.6. The van der Waals surface area contributed by atoms with Crippen LogP contribution in [0.2, 0.25) is 0 Å². The molecule has 0 aromatic heterocycles. The molecule has 5 heteroatoms. The third-order valence-electron chi connectivity index (χ3n) is 1.33. The Hall–Kier alpha value is 1.65. The predicted octanol–water partition coefficient (Wildman–Crippen LogP) is 4.74. The molecule has 0 spiro atoms. The van der Waals surface area contributed by atoms with E-state index in [9.17, 15) is 0 Å². The van der Waals surface area contributed by atoms with Gasteiger partial charge in [-0.25, -0.2) is 0 Å². The van der Waals surface area contributed by atoms with Gasteiger partial charge in [0.05, 0.1) is 0 Å². The average molecular weight is 599 g/mol. The van der Waals surface area contributed by atoms with Crippen molar-refractivity contribution in [3.63, 3.8) is 0 Å². The minimum Gasteiger partial charge on any atom is 0 e. The summed E-state index contributed by atoms with van der Waals surface area (Å²) < 4.78 is 0. The smallest absolute Gasteiger partial charge is 0 e. The van der Waals surface area contributed by atoms with Crippen LogP contribution in [0.1, 0.15) is 25.7 Å². The summed E-state index contributed by atoms with van der Waals surface area (Å²) in [7, 11) is 14.9. The molecule has 1 rings (SSSR count). The van der Waals surface area contributed by atoms with Gasteiger partial charge in [-0.1, -0.05) is 24.3 Å². The average Bonchev–Trinajstić information content (AvgIpc) is 1.82. The molecule has 0 aromatic rings. The Labute approximate surface area is 111 Å². The molecule has 83 valence electrons. The summed E-state index contributed by atoms with van der Waals surface area (Å²) >= 11 is -1.92. The zero-order valence-electron chi connectivity index (χ0n) is 6.94. The van der Waals surface area contributed by atoms with E-state index in [1.807, 2.05) is 0 Å². The van der Waals surface area contributed by atoms with E-state index in [0.717, 1.165) is 0 Å². The Morgan fingerprint density at radius 3 is 1.00 bits per heavy atom. The molecule has 1 aliphatic carbocycles. The normalized spacial score (nSPS) is 15.8. The Bertz CT molecular complexity index is 118. The van der Waals surface area contributed by atoms with Crippen molar-refractivity contribution in [3.05, 3.63) is 24.3 Å². The van der Waals surface area contributed by atoms with Crippen molar-refractivity contribution >= 4 is 28.8 Å². The molecule has 0 aliphatic heterocycles. The van der Waals surface area contributed by atoms with Crippen LogP contribution < -0.4 is 0 Å². The molecular formula is C8H12Cl3Ir2. The number of halogens is 3. The summed E-state index contributed by atoms with van der Waals surface area (Å²) in [5.41, 5.74) is 0. The molecule has 1 aliphatic rings. The first-order valence-electron chi connectivity index (χ1n) is 3.68. The van der Waals surface area contributed by atoms with E-state index < -0.39 is 13.5 Å². The van der Waals surface area contributed by atoms with E-state index in [1.54, 1.807) is 0 Å². The molecule has 0 N–H and O–H groups in total. The molecular weight excluding hydrogens is 587 g/mol. The van der Waals surface area contributed by atoms with Gasteiger partial charge in [-0.3, -0.25) is 0 Å². The van der Waals surface area contributed by atoms with Crippen LogP contribution >= 0.6 is 28.8 Å². The summed E-state index contributed by atoms with van der Waals surface area (Å²) in [4.78, 5) is 0. The van der Waals surface area contributed by atoms with E-state index in [-0.39, 0.29) is 20.1 Å². The molecule has 0 aromatic carbocycles. The van der Waals surface area contributed by atoms with Crippen LogP contribution in [0.15, 0.2) is 24.3 Å². The topological polar surface area (TPSA) is 0 Å². The Balaban J connectivity index is 0. The molecule has 0 heterocycles. The van der Waals surface area contributed by atoms with Gasteiger partial charge in [0.2, 0.25) is 0 Å². The van der Waals surface area contributed by atoms with Crippen molar-refractivity contribution in [2.45, 2.75) is 25.7 Å². The SMILES string of the molecule is C1=CCCC=CCC1.[Cl][Ir]([Cl])[Cl].[Ir]. The fraction of sp³-hybridized carbons (Fsp3) is 0.500. The van der Waals surface area contributed by atoms with Gasteiger partial charge in [0.15, 0.2) is 0 Å². The number of rotatable bonds is 0. The quantitative estimate of drug-likeness (QED) is 0.354. The van der Waals surface area contributed by atoms with Crippen LogP contribution in [-0.2, 0) is 33.6 Å². The molecule has 0 bridgehead atoms. The second-order valence-electron chi connectivity index (χ2n) is 2.24. The monoisotopic (exact) mass is 599 g/mol. The van der Waals surface area contributed by atoms with Crippen molar-refractivity contribution < 1.29 is 33.6 Å². The summed E-state index contributed by atoms with van der Waals surface area (Å²) in [6.07, 6.45) is 14.0. The van der Waals surface area contributed by atoms with E-state index in [0.29, 0.717) is 0 Å². The van der Waals surface area contributed by atoms with Crippen molar-refractivity contribution in [1.82, 2.24) is 0 Å². The van der Waals surface area contributed by atoms with E-state index in [1.165, 1.54) is 25.7 Å². The molecule has 0 fully saturated rings. The maximum absolute atomic E-state index is 4.97. The summed E-state index contributed by atoms with van der Waals surface area (Å²) in [6.45, 7) is 0. The van der Waals surface area contributed by atoms with Crippen LogP contribution in [-0.4, -0.2) is 0 Å². The summed E-state index contributed by atoms with van der Waals surface area (Å²) in [6, 6.07) is 0. The summed E-state index contributed by atoms with van der Waals surface area (Å²) in [5, 5.41) is 0. The molecule has 0 saturated heterocycles. The maximum atomic E-state index is 4.97. The minimum atomic E-state index is -1.92. The number of hydrogen-bond donors (Lipinski definition) is 0. The second kappa shape index (κ2) is 13.6. The van der Waals surface area contributed by atoms with E-state index in [2.05, 4.69) is 24.3 Å². The van der Waals surface area contributed by atoms with Gasteiger partial charge < -0.3 is 0 Å². The minimum absolute atomic E-state index is 0. The summed E-state index contributed by atoms with van der Waals surface area (Å²) in [5.74, 6) is 0. The standard InChI is InChI=1S/C8H12.3ClH.2Ir/c1-2-4-6-8-7-5-3-1;;;;;/h1-2,7-8H,3-6H2;3*1H;;/q;;;;;+3/p-3. The molecule has 1 radical (unpaired) electrons. The van der Waals surface area contributed by atoms with Gasteiger partial charge >= 0.3 is 42.2 Å². The first kappa shape index (κ1) is 17.1. The Morgan fingerprint density at radius 1 is 0.692 bits per heavy atom. The first-order chi connectivity index (χ1) is 5.73. The van der Waals surface area contributed by atoms with E-state index in [4.69, 9.17) is 28.8 Å². The van der Waals surface area contributed by atoms with Crippen LogP contribution in [0.5, 0.6) is 0 Å². The number of hydrogen-bond acceptors (Lipinski definition) is 0. The van der Waals surface area contributed by atoms with Crippen LogP contribution in [0.3, 0.4) is 0 Å². The molecule has 0 unspecified atom stereocenters. The first-order valence-corrected chi connectivity index (χ1v) is 12.6. The van der Waals surface area contributed by atoms with Gasteiger partial charge in [0, 0.05) is 20.1 Å². The van der Waals surface area contributed by atoms with E-state index >= 15 is 0 Å². The van der Waals surface area contributed by atoms with Crippen LogP contribution in [0.25, 0.3) is 0 Å². The van der Waals surface area contributed by atoms with Gasteiger partial charge in [-0.2, -0.15) is 0 Å². The Kier molecular flexibility index (Phi) is 17.9. The fourth-order valence-corrected chi connectivity index (χ4v) is 0.856. The molecule has 0 saturated carbocycles. The van der Waals surface area contributed by atoms with Gasteiger partial charge in [0.1, 0.15) is 0 Å². The Morgan fingerprint density at radius 2 is 0.846 bits per heavy atom. The molecule has 0 nitrogen and oxygen atoms in total. The van der Waals surface area contributed by atoms with Crippen LogP contribution in [0, 0.1) is 0 Å². The van der Waals surface area contributed by atoms with Gasteiger partial charge in [-0.15, -0.1) is 0 Å². The largest absolute Gasteiger partial charge is 0 e. The molecule has 0 atom stereocenters. The zero-order chi connectivity index (χ0) is 9.23. The predicted molar refractivity (Wildman–Crippen MR) is 54.3 cm³/mol. The third kappa shape index (κ3) is 19.9. The maximum Gasteiger partial charge on any atom is 0 e. The fourth-order valence-electron chi connectivity index (χ4n) is 0.856. The van der Waals surface area contributed by atoms with Crippen LogP contribution in [0.4, 0.5) is 0 Å². The molecule has 13 heavy (non-hydrogen) atoms. The molecule has 0 amide bonds. The van der Waals surface area contributed by atoms with Crippen molar-refractivity contribution in [3.8, 4) is 0 Å².